The van der Waals surface area contributed by atoms with E-state index in [1.54, 1.807) is 61.8 Å². The molecule has 0 saturated heterocycles. The predicted octanol–water partition coefficient (Wildman–Crippen LogP) is 1.88. The molecular weight excluding hydrogens is 398 g/mol. The van der Waals surface area contributed by atoms with Crippen molar-refractivity contribution in [2.24, 2.45) is 7.05 Å². The van der Waals surface area contributed by atoms with E-state index in [0.717, 1.165) is 0 Å². The zero-order chi connectivity index (χ0) is 22.4. The fraction of sp³-hybridized carbons (Fsp3) is 0.227. The van der Waals surface area contributed by atoms with Crippen LogP contribution in [0.15, 0.2) is 67.1 Å². The van der Waals surface area contributed by atoms with Crippen molar-refractivity contribution in [1.82, 2.24) is 20.1 Å². The fourth-order valence-electron chi connectivity index (χ4n) is 3.09. The Morgan fingerprint density at radius 3 is 2.39 bits per heavy atom. The molecule has 0 saturated carbocycles. The second-order valence-corrected chi connectivity index (χ2v) is 6.82. The van der Waals surface area contributed by atoms with Gasteiger partial charge in [0.1, 0.15) is 6.04 Å². The summed E-state index contributed by atoms with van der Waals surface area (Å²) in [6.45, 7) is 1.51. The molecule has 2 aromatic heterocycles. The van der Waals surface area contributed by atoms with Gasteiger partial charge < -0.3 is 10.1 Å². The minimum atomic E-state index is -1.15. The number of benzene rings is 1. The fourth-order valence-corrected chi connectivity index (χ4v) is 3.09. The number of hydrogen-bond donors (Lipinski definition) is 1. The maximum atomic E-state index is 13.5. The normalized spacial score (nSPS) is 12.5. The lowest BCUT2D eigenvalue weighted by Crippen LogP contribution is -2.48. The first kappa shape index (κ1) is 21.7. The zero-order valence-electron chi connectivity index (χ0n) is 17.4. The minimum Gasteiger partial charge on any atom is -0.467 e. The second-order valence-electron chi connectivity index (χ2n) is 6.82. The summed E-state index contributed by atoms with van der Waals surface area (Å²) < 4.78 is 6.23. The third-order valence-corrected chi connectivity index (χ3v) is 4.60. The quantitative estimate of drug-likeness (QED) is 0.584. The number of esters is 1. The number of rotatable bonds is 7. The first-order valence-corrected chi connectivity index (χ1v) is 9.58. The predicted molar refractivity (Wildman–Crippen MR) is 113 cm³/mol. The lowest BCUT2D eigenvalue weighted by atomic mass is 10.1. The van der Waals surface area contributed by atoms with Crippen LogP contribution in [0.2, 0.25) is 0 Å². The van der Waals surface area contributed by atoms with Crippen LogP contribution in [0.5, 0.6) is 0 Å². The molecule has 3 rings (SSSR count). The Balaban J connectivity index is 2.10. The van der Waals surface area contributed by atoms with E-state index in [4.69, 9.17) is 4.74 Å². The number of nitrogens with one attached hydrogen (secondary N) is 1. The lowest BCUT2D eigenvalue weighted by molar-refractivity contribution is -0.144. The third-order valence-electron chi connectivity index (χ3n) is 4.60. The summed E-state index contributed by atoms with van der Waals surface area (Å²) in [5, 5.41) is 6.77. The van der Waals surface area contributed by atoms with Crippen LogP contribution in [0.4, 0.5) is 5.69 Å². The van der Waals surface area contributed by atoms with E-state index in [0.29, 0.717) is 16.9 Å². The Kier molecular flexibility index (Phi) is 6.76. The largest absolute Gasteiger partial charge is 0.467 e. The molecule has 0 aliphatic carbocycles. The van der Waals surface area contributed by atoms with Crippen molar-refractivity contribution in [2.75, 3.05) is 12.0 Å². The van der Waals surface area contributed by atoms with Gasteiger partial charge in [-0.05, 0) is 31.2 Å². The van der Waals surface area contributed by atoms with Gasteiger partial charge in [0.25, 0.3) is 5.91 Å². The Morgan fingerprint density at radius 2 is 1.81 bits per heavy atom. The van der Waals surface area contributed by atoms with Crippen LogP contribution < -0.4 is 10.2 Å². The van der Waals surface area contributed by atoms with Crippen LogP contribution in [-0.4, -0.2) is 45.7 Å². The van der Waals surface area contributed by atoms with E-state index < -0.39 is 29.9 Å². The van der Waals surface area contributed by atoms with Crippen molar-refractivity contribution in [3.63, 3.8) is 0 Å². The molecule has 0 spiro atoms. The highest BCUT2D eigenvalue weighted by Gasteiger charge is 2.36. The van der Waals surface area contributed by atoms with Gasteiger partial charge in [0, 0.05) is 25.0 Å². The van der Waals surface area contributed by atoms with Crippen LogP contribution in [0.3, 0.4) is 0 Å². The van der Waals surface area contributed by atoms with Gasteiger partial charge >= 0.3 is 5.97 Å². The Labute approximate surface area is 179 Å². The van der Waals surface area contributed by atoms with E-state index in [9.17, 15) is 14.4 Å². The smallest absolute Gasteiger partial charge is 0.328 e. The van der Waals surface area contributed by atoms with Gasteiger partial charge in [0.05, 0.1) is 24.7 Å². The number of ether oxygens (including phenoxy) is 1. The number of methoxy groups -OCH3 is 1. The number of pyridine rings is 1. The molecule has 1 aromatic carbocycles. The number of carbonyl (C=O) groups excluding carboxylic acids is 3. The average Bonchev–Trinajstić information content (AvgIpc) is 3.22. The van der Waals surface area contributed by atoms with Crippen LogP contribution in [0.25, 0.3) is 0 Å². The molecule has 2 atom stereocenters. The summed E-state index contributed by atoms with van der Waals surface area (Å²) in [5.41, 5.74) is 1.14. The van der Waals surface area contributed by atoms with Crippen molar-refractivity contribution in [1.29, 1.82) is 0 Å². The second kappa shape index (κ2) is 9.66. The number of hydrogen-bond acceptors (Lipinski definition) is 6. The molecule has 3 aromatic rings. The van der Waals surface area contributed by atoms with E-state index in [1.807, 2.05) is 0 Å². The van der Waals surface area contributed by atoms with E-state index in [2.05, 4.69) is 15.4 Å². The molecule has 0 aliphatic heterocycles. The highest BCUT2D eigenvalue weighted by atomic mass is 16.5. The summed E-state index contributed by atoms with van der Waals surface area (Å²) >= 11 is 0. The van der Waals surface area contributed by atoms with Crippen LogP contribution in [0, 0.1) is 0 Å². The van der Waals surface area contributed by atoms with Crippen molar-refractivity contribution in [3.8, 4) is 0 Å². The molecule has 31 heavy (non-hydrogen) atoms. The maximum Gasteiger partial charge on any atom is 0.328 e. The van der Waals surface area contributed by atoms with Gasteiger partial charge in [-0.1, -0.05) is 24.3 Å². The molecule has 2 heterocycles. The summed E-state index contributed by atoms with van der Waals surface area (Å²) in [6.07, 6.45) is 4.66. The first-order valence-electron chi connectivity index (χ1n) is 9.58. The maximum absolute atomic E-state index is 13.5. The SMILES string of the molecule is COC(=O)C(C)NC(=O)C(c1ccccn1)N(C(=O)c1ccccc1)c1cnn(C)c1. The minimum absolute atomic E-state index is 0.338. The van der Waals surface area contributed by atoms with Crippen molar-refractivity contribution in [2.45, 2.75) is 19.0 Å². The zero-order valence-corrected chi connectivity index (χ0v) is 17.4. The molecule has 160 valence electrons. The Hall–Kier alpha value is -4.01. The third kappa shape index (κ3) is 4.95. The van der Waals surface area contributed by atoms with Gasteiger partial charge in [-0.25, -0.2) is 4.79 Å². The standard InChI is InChI=1S/C22H23N5O4/c1-15(22(30)31-3)25-20(28)19(18-11-7-8-12-23-18)27(17-13-24-26(2)14-17)21(29)16-9-5-4-6-10-16/h4-15,19H,1-3H3,(H,25,28). The van der Waals surface area contributed by atoms with Gasteiger partial charge in [-0.3, -0.25) is 24.2 Å². The summed E-state index contributed by atoms with van der Waals surface area (Å²) in [4.78, 5) is 44.4. The van der Waals surface area contributed by atoms with Crippen LogP contribution >= 0.6 is 0 Å². The summed E-state index contributed by atoms with van der Waals surface area (Å²) in [7, 11) is 2.95. The molecular formula is C22H23N5O4. The number of anilines is 1. The number of nitrogens with zero attached hydrogens (tertiary/aromatic N) is 4. The molecule has 9 nitrogen and oxygen atoms in total. The first-order chi connectivity index (χ1) is 14.9. The van der Waals surface area contributed by atoms with Crippen LogP contribution in [0.1, 0.15) is 29.0 Å². The van der Waals surface area contributed by atoms with E-state index in [-0.39, 0.29) is 0 Å². The topological polar surface area (TPSA) is 106 Å². The van der Waals surface area contributed by atoms with Crippen molar-refractivity contribution >= 4 is 23.5 Å². The van der Waals surface area contributed by atoms with E-state index >= 15 is 0 Å². The molecule has 2 unspecified atom stereocenters. The summed E-state index contributed by atoms with van der Waals surface area (Å²) in [5.74, 6) is -1.59. The number of carbonyl (C=O) groups is 3. The molecule has 0 aliphatic rings. The number of aryl methyl sites for hydroxylation is 1. The molecule has 2 amide bonds. The van der Waals surface area contributed by atoms with E-state index in [1.165, 1.54) is 36.0 Å². The number of amides is 2. The molecule has 1 N–H and O–H groups in total. The average molecular weight is 421 g/mol. The monoisotopic (exact) mass is 421 g/mol. The molecule has 0 bridgehead atoms. The Morgan fingerprint density at radius 1 is 1.10 bits per heavy atom. The summed E-state index contributed by atoms with van der Waals surface area (Å²) in [6, 6.07) is 11.6. The van der Waals surface area contributed by atoms with Gasteiger partial charge in [0.15, 0.2) is 6.04 Å². The van der Waals surface area contributed by atoms with Gasteiger partial charge in [0.2, 0.25) is 5.91 Å². The van der Waals surface area contributed by atoms with Crippen molar-refractivity contribution in [3.05, 3.63) is 78.4 Å². The Bertz CT molecular complexity index is 1050. The van der Waals surface area contributed by atoms with Crippen molar-refractivity contribution < 1.29 is 19.1 Å². The van der Waals surface area contributed by atoms with Crippen LogP contribution in [-0.2, 0) is 21.4 Å². The molecule has 9 heteroatoms. The molecule has 0 radical (unpaired) electrons. The highest BCUT2D eigenvalue weighted by molar-refractivity contribution is 6.10. The molecule has 0 fully saturated rings. The van der Waals surface area contributed by atoms with Gasteiger partial charge in [-0.2, -0.15) is 5.10 Å². The highest BCUT2D eigenvalue weighted by Crippen LogP contribution is 2.28. The number of aromatic nitrogens is 3. The van der Waals surface area contributed by atoms with Gasteiger partial charge in [-0.15, -0.1) is 0 Å². The lowest BCUT2D eigenvalue weighted by Gasteiger charge is -2.30.